The van der Waals surface area contributed by atoms with Gasteiger partial charge in [0.05, 0.1) is 16.3 Å². The third kappa shape index (κ3) is 4.03. The number of nitrogens with zero attached hydrogens (tertiary/aromatic N) is 2. The Kier molecular flexibility index (Phi) is 5.72. The monoisotopic (exact) mass is 460 g/mol. The number of thioether (sulfide) groups is 1. The van der Waals surface area contributed by atoms with E-state index in [0.29, 0.717) is 17.0 Å². The van der Waals surface area contributed by atoms with Crippen molar-refractivity contribution in [3.05, 3.63) is 60.4 Å². The summed E-state index contributed by atoms with van der Waals surface area (Å²) in [5.74, 6) is -0.174. The number of carbonyl (C=O) groups excluding carboxylic acids is 2. The topological polar surface area (TPSA) is 97.0 Å². The number of para-hydroxylation sites is 1. The first-order valence-electron chi connectivity index (χ1n) is 8.96. The third-order valence-corrected chi connectivity index (χ3v) is 8.79. The van der Waals surface area contributed by atoms with Crippen molar-refractivity contribution in [3.8, 4) is 0 Å². The van der Waals surface area contributed by atoms with Crippen LogP contribution in [-0.2, 0) is 13.7 Å². The maximum absolute atomic E-state index is 12.6. The van der Waals surface area contributed by atoms with Crippen LogP contribution in [0.15, 0.2) is 68.9 Å². The van der Waals surface area contributed by atoms with E-state index >= 15 is 0 Å². The lowest BCUT2D eigenvalue weighted by Crippen LogP contribution is -2.29. The second-order valence-electron chi connectivity index (χ2n) is 6.22. The van der Waals surface area contributed by atoms with E-state index in [9.17, 15) is 18.0 Å². The summed E-state index contributed by atoms with van der Waals surface area (Å²) in [6, 6.07) is 14.8. The van der Waals surface area contributed by atoms with E-state index in [2.05, 4.69) is 4.99 Å². The number of hydrogen-bond donors (Lipinski definition) is 0. The van der Waals surface area contributed by atoms with Crippen molar-refractivity contribution in [3.63, 3.8) is 0 Å². The summed E-state index contributed by atoms with van der Waals surface area (Å²) < 4.78 is 29.9. The minimum Gasteiger partial charge on any atom is -0.451 e. The van der Waals surface area contributed by atoms with Gasteiger partial charge in [-0.05, 0) is 47.2 Å². The van der Waals surface area contributed by atoms with Gasteiger partial charge in [0.15, 0.2) is 10.9 Å². The molecule has 0 atom stereocenters. The highest BCUT2D eigenvalue weighted by molar-refractivity contribution is 8.72. The summed E-state index contributed by atoms with van der Waals surface area (Å²) >= 11 is 1.14. The van der Waals surface area contributed by atoms with E-state index < -0.39 is 14.8 Å². The van der Waals surface area contributed by atoms with Crippen LogP contribution in [0.5, 0.6) is 0 Å². The van der Waals surface area contributed by atoms with Crippen molar-refractivity contribution < 1.29 is 22.4 Å². The number of amides is 2. The first kappa shape index (κ1) is 20.7. The van der Waals surface area contributed by atoms with Gasteiger partial charge in [-0.25, -0.2) is 8.42 Å². The zero-order chi connectivity index (χ0) is 21.3. The van der Waals surface area contributed by atoms with E-state index in [1.807, 2.05) is 18.2 Å². The summed E-state index contributed by atoms with van der Waals surface area (Å²) in [6.45, 7) is 1.76. The standard InChI is InChI=1S/C20H16N2O5S3/c1-2-29-30(25,26)15-9-7-14(8-10-15)22-18(23)12-28-20(22)21-19(24)17-11-13-5-3-4-6-16(13)27-17/h3-11H,2,12H2,1H3. The summed E-state index contributed by atoms with van der Waals surface area (Å²) in [6.07, 6.45) is 0. The zero-order valence-corrected chi connectivity index (χ0v) is 18.2. The lowest BCUT2D eigenvalue weighted by Gasteiger charge is -2.16. The number of carbonyl (C=O) groups is 2. The van der Waals surface area contributed by atoms with Crippen molar-refractivity contribution in [1.82, 2.24) is 0 Å². The van der Waals surface area contributed by atoms with Crippen LogP contribution in [0.3, 0.4) is 0 Å². The molecule has 0 N–H and O–H groups in total. The molecule has 4 rings (SSSR count). The zero-order valence-electron chi connectivity index (χ0n) is 15.8. The van der Waals surface area contributed by atoms with Crippen LogP contribution in [0.1, 0.15) is 17.5 Å². The number of hydrogen-bond acceptors (Lipinski definition) is 7. The molecule has 30 heavy (non-hydrogen) atoms. The van der Waals surface area contributed by atoms with E-state index in [1.165, 1.54) is 29.2 Å². The van der Waals surface area contributed by atoms with Crippen LogP contribution in [-0.4, -0.2) is 36.9 Å². The van der Waals surface area contributed by atoms with Crippen LogP contribution in [0, 0.1) is 0 Å². The molecular weight excluding hydrogens is 444 g/mol. The molecule has 0 spiro atoms. The van der Waals surface area contributed by atoms with E-state index in [0.717, 1.165) is 27.9 Å². The van der Waals surface area contributed by atoms with E-state index in [-0.39, 0.29) is 27.5 Å². The maximum atomic E-state index is 12.6. The molecule has 2 heterocycles. The normalized spacial score (nSPS) is 16.0. The highest BCUT2D eigenvalue weighted by Gasteiger charge is 2.31. The van der Waals surface area contributed by atoms with Gasteiger partial charge in [-0.3, -0.25) is 14.5 Å². The molecule has 0 aliphatic carbocycles. The number of fused-ring (bicyclic) bond motifs is 1. The van der Waals surface area contributed by atoms with Crippen LogP contribution in [0.2, 0.25) is 0 Å². The highest BCUT2D eigenvalue weighted by Crippen LogP contribution is 2.30. The van der Waals surface area contributed by atoms with E-state index in [1.54, 1.807) is 19.1 Å². The fourth-order valence-electron chi connectivity index (χ4n) is 2.91. The SMILES string of the molecule is CCSS(=O)(=O)c1ccc(N2C(=O)CSC2=NC(=O)c2cc3ccccc3o2)cc1. The average Bonchev–Trinajstić information content (AvgIpc) is 3.31. The molecule has 1 fully saturated rings. The smallest absolute Gasteiger partial charge is 0.315 e. The van der Waals surface area contributed by atoms with Gasteiger partial charge in [-0.15, -0.1) is 0 Å². The minimum atomic E-state index is -3.43. The van der Waals surface area contributed by atoms with Crippen molar-refractivity contribution in [2.24, 2.45) is 4.99 Å². The molecule has 2 amide bonds. The molecular formula is C20H16N2O5S3. The molecule has 2 aromatic carbocycles. The number of benzene rings is 2. The van der Waals surface area contributed by atoms with Gasteiger partial charge in [-0.1, -0.05) is 36.9 Å². The van der Waals surface area contributed by atoms with Crippen molar-refractivity contribution in [2.75, 3.05) is 16.4 Å². The van der Waals surface area contributed by atoms with Crippen LogP contribution in [0.4, 0.5) is 5.69 Å². The Labute approximate surface area is 180 Å². The van der Waals surface area contributed by atoms with Crippen LogP contribution >= 0.6 is 22.6 Å². The third-order valence-electron chi connectivity index (χ3n) is 4.26. The average molecular weight is 461 g/mol. The molecule has 10 heteroatoms. The van der Waals surface area contributed by atoms with Crippen LogP contribution < -0.4 is 4.90 Å². The maximum Gasteiger partial charge on any atom is 0.315 e. The largest absolute Gasteiger partial charge is 0.451 e. The van der Waals surface area contributed by atoms with Crippen molar-refractivity contribution in [2.45, 2.75) is 11.8 Å². The Morgan fingerprint density at radius 3 is 2.63 bits per heavy atom. The second kappa shape index (κ2) is 8.29. The summed E-state index contributed by atoms with van der Waals surface area (Å²) in [5, 5.41) is 1.01. The molecule has 0 unspecified atom stereocenters. The Morgan fingerprint density at radius 1 is 1.20 bits per heavy atom. The van der Waals surface area contributed by atoms with Gasteiger partial charge >= 0.3 is 5.91 Å². The lowest BCUT2D eigenvalue weighted by molar-refractivity contribution is -0.115. The summed E-state index contributed by atoms with van der Waals surface area (Å²) in [4.78, 5) is 30.5. The first-order chi connectivity index (χ1) is 14.4. The van der Waals surface area contributed by atoms with Gasteiger partial charge in [-0.2, -0.15) is 4.99 Å². The number of anilines is 1. The van der Waals surface area contributed by atoms with Crippen LogP contribution in [0.25, 0.3) is 11.0 Å². The first-order valence-corrected chi connectivity index (χ1v) is 12.9. The Hall–Kier alpha value is -2.56. The van der Waals surface area contributed by atoms with Gasteiger partial charge in [0, 0.05) is 11.1 Å². The molecule has 3 aromatic rings. The van der Waals surface area contributed by atoms with E-state index in [4.69, 9.17) is 4.42 Å². The fraction of sp³-hybridized carbons (Fsp3) is 0.150. The molecule has 1 saturated heterocycles. The minimum absolute atomic E-state index is 0.0848. The number of rotatable bonds is 5. The molecule has 1 aromatic heterocycles. The van der Waals surface area contributed by atoms with Crippen molar-refractivity contribution in [1.29, 1.82) is 0 Å². The second-order valence-corrected chi connectivity index (χ2v) is 11.4. The molecule has 0 saturated carbocycles. The predicted molar refractivity (Wildman–Crippen MR) is 120 cm³/mol. The number of aliphatic imine (C=N–C) groups is 1. The quantitative estimate of drug-likeness (QED) is 0.528. The number of furan rings is 1. The fourth-order valence-corrected chi connectivity index (χ4v) is 6.37. The lowest BCUT2D eigenvalue weighted by atomic mass is 10.2. The Balaban J connectivity index is 1.62. The highest BCUT2D eigenvalue weighted by atomic mass is 33.1. The molecule has 0 radical (unpaired) electrons. The Morgan fingerprint density at radius 2 is 1.93 bits per heavy atom. The van der Waals surface area contributed by atoms with Gasteiger partial charge < -0.3 is 4.42 Å². The molecule has 7 nitrogen and oxygen atoms in total. The summed E-state index contributed by atoms with van der Waals surface area (Å²) in [7, 11) is -2.59. The van der Waals surface area contributed by atoms with Gasteiger partial charge in [0.2, 0.25) is 14.8 Å². The molecule has 1 aliphatic heterocycles. The van der Waals surface area contributed by atoms with Gasteiger partial charge in [0.1, 0.15) is 5.58 Å². The molecule has 0 bridgehead atoms. The predicted octanol–water partition coefficient (Wildman–Crippen LogP) is 4.15. The molecule has 154 valence electrons. The molecule has 1 aliphatic rings. The van der Waals surface area contributed by atoms with Gasteiger partial charge in [0.25, 0.3) is 0 Å². The Bertz CT molecular complexity index is 1230. The number of amidine groups is 1. The summed E-state index contributed by atoms with van der Waals surface area (Å²) in [5.41, 5.74) is 1.02. The van der Waals surface area contributed by atoms with Crippen molar-refractivity contribution >= 4 is 65.1 Å².